The minimum Gasteiger partial charge on any atom is -0.481 e. The van der Waals surface area contributed by atoms with Crippen LogP contribution in [0.3, 0.4) is 0 Å². The van der Waals surface area contributed by atoms with Gasteiger partial charge in [-0.15, -0.1) is 0 Å². The Balaban J connectivity index is 5.43. The van der Waals surface area contributed by atoms with E-state index in [1.54, 1.807) is 27.7 Å². The molecule has 0 aliphatic carbocycles. The van der Waals surface area contributed by atoms with Crippen molar-refractivity contribution in [2.75, 3.05) is 18.6 Å². The molecule has 5 atom stereocenters. The number of nitrogens with two attached hydrogens (primary N) is 1. The lowest BCUT2D eigenvalue weighted by atomic mass is 9.97. The molecule has 14 heteroatoms. The first-order chi connectivity index (χ1) is 16.7. The number of rotatable bonds is 17. The zero-order valence-electron chi connectivity index (χ0n) is 21.3. The van der Waals surface area contributed by atoms with Gasteiger partial charge in [0.25, 0.3) is 0 Å². The Morgan fingerprint density at radius 3 is 1.97 bits per heavy atom. The fourth-order valence-electron chi connectivity index (χ4n) is 2.93. The molecule has 0 aromatic carbocycles. The summed E-state index contributed by atoms with van der Waals surface area (Å²) in [6, 6.07) is -4.67. The van der Waals surface area contributed by atoms with Crippen LogP contribution in [0.2, 0.25) is 0 Å². The predicted octanol–water partition coefficient (Wildman–Crippen LogP) is -1.10. The maximum atomic E-state index is 13.0. The highest BCUT2D eigenvalue weighted by Crippen LogP contribution is 2.11. The molecule has 13 nitrogen and oxygen atoms in total. The highest BCUT2D eigenvalue weighted by Gasteiger charge is 2.33. The summed E-state index contributed by atoms with van der Waals surface area (Å²) in [5.74, 6) is -5.65. The number of hydrogen-bond acceptors (Lipinski definition) is 8. The summed E-state index contributed by atoms with van der Waals surface area (Å²) in [5, 5.41) is 27.8. The lowest BCUT2D eigenvalue weighted by Crippen LogP contribution is -2.58. The standard InChI is InChI=1S/C22H39N5O8S/c1-6-12(4)18(21(33)26-14(22(34)35)9-16(29)30)27-19(31)13(7-8-36-5)25-15(28)10-24-20(32)17(23)11(2)3/h11-14,17-18H,6-10,23H2,1-5H3,(H,24,32)(H,25,28)(H,26,33)(H,27,31)(H,29,30)(H,34,35). The lowest BCUT2D eigenvalue weighted by Gasteiger charge is -2.27. The normalized spacial score (nSPS) is 15.1. The number of thioether (sulfide) groups is 1. The number of nitrogens with one attached hydrogen (secondary N) is 4. The van der Waals surface area contributed by atoms with Crippen LogP contribution in [0.25, 0.3) is 0 Å². The van der Waals surface area contributed by atoms with Gasteiger partial charge in [-0.05, 0) is 30.3 Å². The molecule has 0 saturated carbocycles. The number of amides is 4. The average molecular weight is 534 g/mol. The molecule has 8 N–H and O–H groups in total. The minimum atomic E-state index is -1.67. The molecule has 0 bridgehead atoms. The molecule has 0 spiro atoms. The van der Waals surface area contributed by atoms with Crippen LogP contribution in [-0.4, -0.2) is 88.5 Å². The first-order valence-corrected chi connectivity index (χ1v) is 13.0. The summed E-state index contributed by atoms with van der Waals surface area (Å²) in [6.45, 7) is 6.56. The quantitative estimate of drug-likeness (QED) is 0.120. The fourth-order valence-corrected chi connectivity index (χ4v) is 3.40. The molecule has 36 heavy (non-hydrogen) atoms. The van der Waals surface area contributed by atoms with E-state index < -0.39 is 78.6 Å². The number of carboxylic acid groups (broad SMARTS) is 2. The summed E-state index contributed by atoms with van der Waals surface area (Å²) in [7, 11) is 0. The molecule has 206 valence electrons. The van der Waals surface area contributed by atoms with E-state index in [0.29, 0.717) is 12.2 Å². The molecule has 4 amide bonds. The van der Waals surface area contributed by atoms with Crippen molar-refractivity contribution < 1.29 is 39.0 Å². The Labute approximate surface area is 215 Å². The molecule has 0 saturated heterocycles. The van der Waals surface area contributed by atoms with Crippen molar-refractivity contribution in [1.29, 1.82) is 0 Å². The molecule has 0 aromatic rings. The highest BCUT2D eigenvalue weighted by atomic mass is 32.2. The summed E-state index contributed by atoms with van der Waals surface area (Å²) in [5.41, 5.74) is 5.75. The van der Waals surface area contributed by atoms with Crippen molar-refractivity contribution in [3.05, 3.63) is 0 Å². The van der Waals surface area contributed by atoms with Crippen LogP contribution in [0, 0.1) is 11.8 Å². The highest BCUT2D eigenvalue weighted by molar-refractivity contribution is 7.98. The molecule has 5 unspecified atom stereocenters. The van der Waals surface area contributed by atoms with Crippen LogP contribution in [0.1, 0.15) is 47.0 Å². The number of hydrogen-bond donors (Lipinski definition) is 7. The molecule has 0 aliphatic heterocycles. The van der Waals surface area contributed by atoms with E-state index in [1.165, 1.54) is 11.8 Å². The predicted molar refractivity (Wildman–Crippen MR) is 134 cm³/mol. The van der Waals surface area contributed by atoms with Crippen LogP contribution in [0.4, 0.5) is 0 Å². The fraction of sp³-hybridized carbons (Fsp3) is 0.727. The Morgan fingerprint density at radius 2 is 1.50 bits per heavy atom. The first kappa shape index (κ1) is 33.1. The van der Waals surface area contributed by atoms with Crippen molar-refractivity contribution in [2.24, 2.45) is 17.6 Å². The molecular formula is C22H39N5O8S. The maximum absolute atomic E-state index is 13.0. The Kier molecular flexibility index (Phi) is 15.4. The third-order valence-corrected chi connectivity index (χ3v) is 6.14. The van der Waals surface area contributed by atoms with E-state index >= 15 is 0 Å². The Hall–Kier alpha value is -2.87. The lowest BCUT2D eigenvalue weighted by molar-refractivity contribution is -0.147. The van der Waals surface area contributed by atoms with Gasteiger partial charge in [-0.25, -0.2) is 4.79 Å². The minimum absolute atomic E-state index is 0.131. The SMILES string of the molecule is CCC(C)C(NC(=O)C(CCSC)NC(=O)CNC(=O)C(N)C(C)C)C(=O)NC(CC(=O)O)C(=O)O. The third-order valence-electron chi connectivity index (χ3n) is 5.49. The summed E-state index contributed by atoms with van der Waals surface area (Å²) >= 11 is 1.44. The maximum Gasteiger partial charge on any atom is 0.326 e. The zero-order valence-corrected chi connectivity index (χ0v) is 22.1. The molecule has 0 aromatic heterocycles. The van der Waals surface area contributed by atoms with E-state index in [4.69, 9.17) is 10.8 Å². The second kappa shape index (κ2) is 16.7. The molecule has 0 aliphatic rings. The van der Waals surface area contributed by atoms with Gasteiger partial charge in [-0.3, -0.25) is 24.0 Å². The van der Waals surface area contributed by atoms with E-state index in [9.17, 15) is 33.9 Å². The van der Waals surface area contributed by atoms with Gasteiger partial charge in [-0.2, -0.15) is 11.8 Å². The summed E-state index contributed by atoms with van der Waals surface area (Å²) < 4.78 is 0. The molecule has 0 heterocycles. The third kappa shape index (κ3) is 12.2. The van der Waals surface area contributed by atoms with Crippen molar-refractivity contribution in [2.45, 2.75) is 71.1 Å². The van der Waals surface area contributed by atoms with Gasteiger partial charge in [-0.1, -0.05) is 34.1 Å². The van der Waals surface area contributed by atoms with Crippen LogP contribution < -0.4 is 27.0 Å². The van der Waals surface area contributed by atoms with Gasteiger partial charge in [0.15, 0.2) is 0 Å². The molecule has 0 radical (unpaired) electrons. The van der Waals surface area contributed by atoms with E-state index in [-0.39, 0.29) is 12.3 Å². The molecule has 0 fully saturated rings. The number of carbonyl (C=O) groups excluding carboxylic acids is 4. The van der Waals surface area contributed by atoms with E-state index in [2.05, 4.69) is 21.3 Å². The van der Waals surface area contributed by atoms with Crippen LogP contribution in [0.15, 0.2) is 0 Å². The average Bonchev–Trinajstić information content (AvgIpc) is 2.81. The largest absolute Gasteiger partial charge is 0.481 e. The van der Waals surface area contributed by atoms with Gasteiger partial charge < -0.3 is 37.2 Å². The first-order valence-electron chi connectivity index (χ1n) is 11.6. The molecule has 0 rings (SSSR count). The van der Waals surface area contributed by atoms with E-state index in [0.717, 1.165) is 0 Å². The number of carboxylic acids is 2. The van der Waals surface area contributed by atoms with Crippen molar-refractivity contribution in [1.82, 2.24) is 21.3 Å². The van der Waals surface area contributed by atoms with Crippen molar-refractivity contribution in [3.63, 3.8) is 0 Å². The molecular weight excluding hydrogens is 494 g/mol. The second-order valence-corrected chi connectivity index (χ2v) is 9.74. The van der Waals surface area contributed by atoms with Gasteiger partial charge in [0.2, 0.25) is 23.6 Å². The van der Waals surface area contributed by atoms with Crippen LogP contribution in [0.5, 0.6) is 0 Å². The number of carbonyl (C=O) groups is 6. The van der Waals surface area contributed by atoms with Gasteiger partial charge in [0.1, 0.15) is 18.1 Å². The Morgan fingerprint density at radius 1 is 0.889 bits per heavy atom. The van der Waals surface area contributed by atoms with Crippen molar-refractivity contribution >= 4 is 47.3 Å². The number of aliphatic carboxylic acids is 2. The van der Waals surface area contributed by atoms with Crippen molar-refractivity contribution in [3.8, 4) is 0 Å². The van der Waals surface area contributed by atoms with Gasteiger partial charge in [0.05, 0.1) is 19.0 Å². The summed E-state index contributed by atoms with van der Waals surface area (Å²) in [6.07, 6.45) is 1.65. The zero-order chi connectivity index (χ0) is 28.0. The van der Waals surface area contributed by atoms with Gasteiger partial charge >= 0.3 is 11.9 Å². The van der Waals surface area contributed by atoms with E-state index in [1.807, 2.05) is 6.26 Å². The monoisotopic (exact) mass is 533 g/mol. The topological polar surface area (TPSA) is 217 Å². The van der Waals surface area contributed by atoms with Crippen LogP contribution in [-0.2, 0) is 28.8 Å². The van der Waals surface area contributed by atoms with Crippen LogP contribution >= 0.6 is 11.8 Å². The second-order valence-electron chi connectivity index (χ2n) is 8.76. The Bertz CT molecular complexity index is 794. The summed E-state index contributed by atoms with van der Waals surface area (Å²) in [4.78, 5) is 72.5. The smallest absolute Gasteiger partial charge is 0.326 e. The van der Waals surface area contributed by atoms with Gasteiger partial charge in [0, 0.05) is 0 Å².